The molecule has 0 spiro atoms. The number of aliphatic hydroxyl groups excluding tert-OH is 1. The summed E-state index contributed by atoms with van der Waals surface area (Å²) in [6.45, 7) is 2.09. The Morgan fingerprint density at radius 2 is 2.18 bits per heavy atom. The maximum Gasteiger partial charge on any atom is 0.139 e. The van der Waals surface area contributed by atoms with Gasteiger partial charge in [-0.1, -0.05) is 5.16 Å². The monoisotopic (exact) mass is 239 g/mol. The predicted octanol–water partition coefficient (Wildman–Crippen LogP) is 0.214. The molecule has 4 N–H and O–H groups in total. The van der Waals surface area contributed by atoms with Crippen molar-refractivity contribution >= 4 is 5.84 Å². The van der Waals surface area contributed by atoms with Crippen molar-refractivity contribution in [1.82, 2.24) is 4.90 Å². The van der Waals surface area contributed by atoms with Crippen molar-refractivity contribution in [2.24, 2.45) is 28.6 Å². The van der Waals surface area contributed by atoms with Gasteiger partial charge >= 0.3 is 0 Å². The minimum Gasteiger partial charge on any atom is -0.409 e. The van der Waals surface area contributed by atoms with Crippen LogP contribution in [0.5, 0.6) is 0 Å². The fourth-order valence-corrected chi connectivity index (χ4v) is 4.30. The Morgan fingerprint density at radius 1 is 1.35 bits per heavy atom. The number of rotatable bonds is 4. The zero-order valence-corrected chi connectivity index (χ0v) is 10.00. The molecule has 3 aliphatic rings. The number of aliphatic hydroxyl groups is 1. The van der Waals surface area contributed by atoms with E-state index in [1.54, 1.807) is 0 Å². The van der Waals surface area contributed by atoms with E-state index in [1.165, 1.54) is 12.8 Å². The molecule has 3 rings (SSSR count). The maximum atomic E-state index is 10.2. The summed E-state index contributed by atoms with van der Waals surface area (Å²) in [6.07, 6.45) is 3.88. The number of fused-ring (bicyclic) bond motifs is 1. The molecule has 1 saturated heterocycles. The van der Waals surface area contributed by atoms with Crippen LogP contribution in [0, 0.1) is 17.8 Å². The summed E-state index contributed by atoms with van der Waals surface area (Å²) in [5.41, 5.74) is 5.46. The maximum absolute atomic E-state index is 10.2. The van der Waals surface area contributed by atoms with Gasteiger partial charge in [0.1, 0.15) is 5.84 Å². The highest BCUT2D eigenvalue weighted by molar-refractivity contribution is 5.79. The minimum atomic E-state index is -0.109. The van der Waals surface area contributed by atoms with E-state index in [0.717, 1.165) is 31.3 Å². The van der Waals surface area contributed by atoms with E-state index in [-0.39, 0.29) is 6.10 Å². The molecule has 0 aromatic rings. The summed E-state index contributed by atoms with van der Waals surface area (Å²) in [6, 6.07) is 0.394. The first kappa shape index (κ1) is 11.3. The van der Waals surface area contributed by atoms with Crippen molar-refractivity contribution in [3.63, 3.8) is 0 Å². The summed E-state index contributed by atoms with van der Waals surface area (Å²) in [7, 11) is 0. The standard InChI is InChI=1S/C12H21N3O2/c13-10(14-17)2-1-3-15-6-8-4-7-5-9(8)11(15)12(7)16/h7-9,11-12,16-17H,1-6H2,(H2,13,14). The molecular weight excluding hydrogens is 218 g/mol. The molecular formula is C12H21N3O2. The number of hydrogen-bond acceptors (Lipinski definition) is 4. The summed E-state index contributed by atoms with van der Waals surface area (Å²) < 4.78 is 0. The molecule has 17 heavy (non-hydrogen) atoms. The molecule has 0 radical (unpaired) electrons. The van der Waals surface area contributed by atoms with Gasteiger partial charge in [-0.05, 0) is 43.6 Å². The molecule has 3 fully saturated rings. The molecule has 5 nitrogen and oxygen atoms in total. The summed E-state index contributed by atoms with van der Waals surface area (Å²) in [5.74, 6) is 2.41. The first-order chi connectivity index (χ1) is 8.20. The normalized spacial score (nSPS) is 44.8. The van der Waals surface area contributed by atoms with Crippen molar-refractivity contribution in [2.75, 3.05) is 13.1 Å². The summed E-state index contributed by atoms with van der Waals surface area (Å²) in [4.78, 5) is 2.43. The third-order valence-corrected chi connectivity index (χ3v) is 4.95. The Morgan fingerprint density at radius 3 is 2.88 bits per heavy atom. The molecule has 5 heteroatoms. The average molecular weight is 239 g/mol. The van der Waals surface area contributed by atoms with Gasteiger partial charge in [-0.25, -0.2) is 0 Å². The third kappa shape index (κ3) is 1.72. The van der Waals surface area contributed by atoms with Gasteiger partial charge in [-0.2, -0.15) is 0 Å². The Hall–Kier alpha value is -0.810. The van der Waals surface area contributed by atoms with Crippen molar-refractivity contribution < 1.29 is 10.3 Å². The van der Waals surface area contributed by atoms with Crippen LogP contribution in [-0.2, 0) is 0 Å². The Bertz CT molecular complexity index is 332. The summed E-state index contributed by atoms with van der Waals surface area (Å²) >= 11 is 0. The van der Waals surface area contributed by atoms with Crippen molar-refractivity contribution in [3.8, 4) is 0 Å². The van der Waals surface area contributed by atoms with Crippen LogP contribution in [0.3, 0.4) is 0 Å². The van der Waals surface area contributed by atoms with E-state index < -0.39 is 0 Å². The lowest BCUT2D eigenvalue weighted by atomic mass is 9.88. The Kier molecular flexibility index (Phi) is 2.75. The second kappa shape index (κ2) is 4.14. The van der Waals surface area contributed by atoms with E-state index in [9.17, 15) is 5.11 Å². The van der Waals surface area contributed by atoms with Crippen LogP contribution in [-0.4, -0.2) is 46.3 Å². The Balaban J connectivity index is 1.56. The number of nitrogens with two attached hydrogens (primary N) is 1. The number of oxime groups is 1. The van der Waals surface area contributed by atoms with Crippen molar-refractivity contribution in [3.05, 3.63) is 0 Å². The first-order valence-electron chi connectivity index (χ1n) is 6.59. The zero-order chi connectivity index (χ0) is 12.0. The van der Waals surface area contributed by atoms with Gasteiger partial charge in [0.25, 0.3) is 0 Å². The molecule has 0 aromatic carbocycles. The van der Waals surface area contributed by atoms with E-state index >= 15 is 0 Å². The average Bonchev–Trinajstić information content (AvgIpc) is 2.90. The quantitative estimate of drug-likeness (QED) is 0.283. The highest BCUT2D eigenvalue weighted by Gasteiger charge is 2.58. The number of hydrogen-bond donors (Lipinski definition) is 3. The van der Waals surface area contributed by atoms with Gasteiger partial charge in [0.15, 0.2) is 0 Å². The second-order valence-corrected chi connectivity index (χ2v) is 5.83. The molecule has 2 bridgehead atoms. The van der Waals surface area contributed by atoms with Gasteiger partial charge in [0.05, 0.1) is 6.10 Å². The van der Waals surface area contributed by atoms with E-state index in [0.29, 0.717) is 24.2 Å². The number of likely N-dealkylation sites (tertiary alicyclic amines) is 1. The topological polar surface area (TPSA) is 82.1 Å². The molecule has 0 amide bonds. The SMILES string of the molecule is NC(CCCN1CC2CC3CC2C1C3O)=NO. The van der Waals surface area contributed by atoms with Crippen LogP contribution >= 0.6 is 0 Å². The molecule has 2 saturated carbocycles. The molecule has 96 valence electrons. The van der Waals surface area contributed by atoms with Crippen LogP contribution in [0.15, 0.2) is 5.16 Å². The molecule has 1 heterocycles. The van der Waals surface area contributed by atoms with Gasteiger partial charge in [-0.15, -0.1) is 0 Å². The highest BCUT2D eigenvalue weighted by Crippen LogP contribution is 2.54. The smallest absolute Gasteiger partial charge is 0.139 e. The first-order valence-corrected chi connectivity index (χ1v) is 6.59. The van der Waals surface area contributed by atoms with Crippen molar-refractivity contribution in [2.45, 2.75) is 37.8 Å². The van der Waals surface area contributed by atoms with Crippen LogP contribution in [0.4, 0.5) is 0 Å². The molecule has 2 aliphatic carbocycles. The second-order valence-electron chi connectivity index (χ2n) is 5.83. The largest absolute Gasteiger partial charge is 0.409 e. The zero-order valence-electron chi connectivity index (χ0n) is 10.00. The molecule has 5 atom stereocenters. The van der Waals surface area contributed by atoms with E-state index in [4.69, 9.17) is 10.9 Å². The fourth-order valence-electron chi connectivity index (χ4n) is 4.30. The van der Waals surface area contributed by atoms with Gasteiger partial charge in [0.2, 0.25) is 0 Å². The molecule has 0 aromatic heterocycles. The van der Waals surface area contributed by atoms with Gasteiger partial charge in [-0.3, -0.25) is 4.90 Å². The van der Waals surface area contributed by atoms with Gasteiger partial charge in [0, 0.05) is 19.0 Å². The van der Waals surface area contributed by atoms with Gasteiger partial charge < -0.3 is 16.0 Å². The summed E-state index contributed by atoms with van der Waals surface area (Å²) in [5, 5.41) is 21.7. The van der Waals surface area contributed by atoms with Crippen LogP contribution in [0.1, 0.15) is 25.7 Å². The molecule has 1 aliphatic heterocycles. The highest BCUT2D eigenvalue weighted by atomic mass is 16.4. The van der Waals surface area contributed by atoms with Crippen LogP contribution in [0.25, 0.3) is 0 Å². The number of nitrogens with zero attached hydrogens (tertiary/aromatic N) is 2. The molecule has 5 unspecified atom stereocenters. The number of amidine groups is 1. The third-order valence-electron chi connectivity index (χ3n) is 4.95. The predicted molar refractivity (Wildman–Crippen MR) is 63.7 cm³/mol. The van der Waals surface area contributed by atoms with Crippen LogP contribution < -0.4 is 5.73 Å². The van der Waals surface area contributed by atoms with E-state index in [1.807, 2.05) is 0 Å². The lowest BCUT2D eigenvalue weighted by molar-refractivity contribution is 0.0508. The van der Waals surface area contributed by atoms with Crippen molar-refractivity contribution in [1.29, 1.82) is 0 Å². The lowest BCUT2D eigenvalue weighted by Gasteiger charge is -2.28. The van der Waals surface area contributed by atoms with E-state index in [2.05, 4.69) is 10.1 Å². The lowest BCUT2D eigenvalue weighted by Crippen LogP contribution is -2.41. The van der Waals surface area contributed by atoms with Crippen LogP contribution in [0.2, 0.25) is 0 Å². The Labute approximate surface area is 101 Å². The minimum absolute atomic E-state index is 0.109. The fraction of sp³-hybridized carbons (Fsp3) is 0.917.